The minimum atomic E-state index is -0.126. The average Bonchev–Trinajstić information content (AvgIpc) is 2.32. The Bertz CT molecular complexity index is 386. The van der Waals surface area contributed by atoms with Crippen molar-refractivity contribution in [3.63, 3.8) is 0 Å². The summed E-state index contributed by atoms with van der Waals surface area (Å²) in [5.74, 6) is -0.126. The Morgan fingerprint density at radius 2 is 1.89 bits per heavy atom. The molecule has 1 aliphatic carbocycles. The van der Waals surface area contributed by atoms with Gasteiger partial charge in [-0.15, -0.1) is 0 Å². The highest BCUT2D eigenvalue weighted by molar-refractivity contribution is 5.17. The van der Waals surface area contributed by atoms with Crippen LogP contribution in [0.5, 0.6) is 0 Å². The van der Waals surface area contributed by atoms with Crippen molar-refractivity contribution in [3.05, 3.63) is 35.6 Å². The minimum Gasteiger partial charge on any atom is -0.324 e. The van der Waals surface area contributed by atoms with Gasteiger partial charge in [0.1, 0.15) is 5.82 Å². The number of nitrogens with two attached hydrogens (primary N) is 1. The topological polar surface area (TPSA) is 29.3 Å². The maximum atomic E-state index is 13.6. The number of hydrogen-bond acceptors (Lipinski definition) is 2. The van der Waals surface area contributed by atoms with Crippen LogP contribution in [0.1, 0.15) is 37.7 Å². The van der Waals surface area contributed by atoms with Crippen LogP contribution in [0.4, 0.5) is 4.39 Å². The molecular formula is C15H23FN2. The van der Waals surface area contributed by atoms with Gasteiger partial charge in [0.15, 0.2) is 0 Å². The molecule has 0 heterocycles. The first-order valence-electron chi connectivity index (χ1n) is 6.80. The minimum absolute atomic E-state index is 0.0712. The van der Waals surface area contributed by atoms with E-state index >= 15 is 0 Å². The number of benzene rings is 1. The summed E-state index contributed by atoms with van der Waals surface area (Å²) in [6, 6.07) is 6.97. The first-order valence-corrected chi connectivity index (χ1v) is 6.80. The van der Waals surface area contributed by atoms with Crippen LogP contribution in [-0.4, -0.2) is 24.0 Å². The molecule has 0 atom stereocenters. The number of hydrogen-bond donors (Lipinski definition) is 1. The van der Waals surface area contributed by atoms with Crippen molar-refractivity contribution in [2.24, 2.45) is 5.73 Å². The monoisotopic (exact) mass is 250 g/mol. The smallest absolute Gasteiger partial charge is 0.127 e. The molecule has 0 radical (unpaired) electrons. The van der Waals surface area contributed by atoms with E-state index in [1.807, 2.05) is 19.2 Å². The zero-order valence-corrected chi connectivity index (χ0v) is 11.2. The fourth-order valence-electron chi connectivity index (χ4n) is 2.92. The highest BCUT2D eigenvalue weighted by Crippen LogP contribution is 2.26. The van der Waals surface area contributed by atoms with Gasteiger partial charge >= 0.3 is 0 Å². The van der Waals surface area contributed by atoms with Gasteiger partial charge in [0.2, 0.25) is 0 Å². The van der Waals surface area contributed by atoms with E-state index in [0.29, 0.717) is 6.54 Å². The van der Waals surface area contributed by atoms with Gasteiger partial charge in [-0.1, -0.05) is 37.5 Å². The van der Waals surface area contributed by atoms with E-state index in [1.165, 1.54) is 25.3 Å². The standard InChI is InChI=1S/C15H23FN2/c1-18(11-13-7-3-4-8-14(13)16)12-15(17)9-5-2-6-10-15/h3-4,7-8H,2,5-6,9-12,17H2,1H3. The Kier molecular flexibility index (Phi) is 4.36. The molecule has 100 valence electrons. The summed E-state index contributed by atoms with van der Waals surface area (Å²) in [6.07, 6.45) is 5.94. The van der Waals surface area contributed by atoms with Crippen molar-refractivity contribution in [2.45, 2.75) is 44.2 Å². The molecule has 0 spiro atoms. The molecule has 1 aliphatic rings. The summed E-state index contributed by atoms with van der Waals surface area (Å²) in [5.41, 5.74) is 7.09. The number of rotatable bonds is 4. The van der Waals surface area contributed by atoms with Crippen molar-refractivity contribution in [2.75, 3.05) is 13.6 Å². The van der Waals surface area contributed by atoms with Crippen molar-refractivity contribution in [3.8, 4) is 0 Å². The Balaban J connectivity index is 1.92. The lowest BCUT2D eigenvalue weighted by atomic mass is 9.82. The van der Waals surface area contributed by atoms with Crippen LogP contribution in [0.25, 0.3) is 0 Å². The number of likely N-dealkylation sites (N-methyl/N-ethyl adjacent to an activating group) is 1. The van der Waals surface area contributed by atoms with Crippen molar-refractivity contribution < 1.29 is 4.39 Å². The highest BCUT2D eigenvalue weighted by atomic mass is 19.1. The molecule has 2 N–H and O–H groups in total. The molecule has 3 heteroatoms. The van der Waals surface area contributed by atoms with E-state index < -0.39 is 0 Å². The zero-order valence-electron chi connectivity index (χ0n) is 11.2. The van der Waals surface area contributed by atoms with E-state index in [2.05, 4.69) is 4.90 Å². The van der Waals surface area contributed by atoms with E-state index in [-0.39, 0.29) is 11.4 Å². The lowest BCUT2D eigenvalue weighted by molar-refractivity contribution is 0.192. The van der Waals surface area contributed by atoms with Gasteiger partial charge in [0.25, 0.3) is 0 Å². The van der Waals surface area contributed by atoms with Crippen LogP contribution >= 0.6 is 0 Å². The van der Waals surface area contributed by atoms with Gasteiger partial charge in [0, 0.05) is 24.2 Å². The maximum Gasteiger partial charge on any atom is 0.127 e. The van der Waals surface area contributed by atoms with Gasteiger partial charge in [0.05, 0.1) is 0 Å². The summed E-state index contributed by atoms with van der Waals surface area (Å²) in [5, 5.41) is 0. The number of halogens is 1. The molecule has 0 aliphatic heterocycles. The van der Waals surface area contributed by atoms with Gasteiger partial charge in [-0.2, -0.15) is 0 Å². The van der Waals surface area contributed by atoms with Gasteiger partial charge in [-0.3, -0.25) is 0 Å². The van der Waals surface area contributed by atoms with Gasteiger partial charge < -0.3 is 10.6 Å². The van der Waals surface area contributed by atoms with E-state index in [4.69, 9.17) is 5.73 Å². The normalized spacial score (nSPS) is 19.1. The molecule has 2 nitrogen and oxygen atoms in total. The summed E-state index contributed by atoms with van der Waals surface area (Å²) in [4.78, 5) is 2.14. The maximum absolute atomic E-state index is 13.6. The number of nitrogens with zero attached hydrogens (tertiary/aromatic N) is 1. The third-order valence-corrected chi connectivity index (χ3v) is 3.83. The van der Waals surface area contributed by atoms with Crippen LogP contribution in [0.3, 0.4) is 0 Å². The SMILES string of the molecule is CN(Cc1ccccc1F)CC1(N)CCCCC1. The molecule has 0 amide bonds. The molecule has 0 unspecified atom stereocenters. The molecule has 1 saturated carbocycles. The second kappa shape index (κ2) is 5.81. The lowest BCUT2D eigenvalue weighted by Crippen LogP contribution is -2.50. The highest BCUT2D eigenvalue weighted by Gasteiger charge is 2.28. The Labute approximate surface area is 109 Å². The molecule has 1 aromatic rings. The quantitative estimate of drug-likeness (QED) is 0.890. The molecule has 1 fully saturated rings. The van der Waals surface area contributed by atoms with Gasteiger partial charge in [-0.25, -0.2) is 4.39 Å². The first-order chi connectivity index (χ1) is 8.59. The Hall–Kier alpha value is -0.930. The van der Waals surface area contributed by atoms with Crippen LogP contribution in [0, 0.1) is 5.82 Å². The second-order valence-corrected chi connectivity index (χ2v) is 5.69. The van der Waals surface area contributed by atoms with Crippen LogP contribution in [0.2, 0.25) is 0 Å². The molecule has 0 saturated heterocycles. The zero-order chi connectivity index (χ0) is 13.0. The van der Waals surface area contributed by atoms with Crippen LogP contribution in [-0.2, 0) is 6.54 Å². The largest absolute Gasteiger partial charge is 0.324 e. The van der Waals surface area contributed by atoms with Crippen LogP contribution < -0.4 is 5.73 Å². The molecule has 2 rings (SSSR count). The van der Waals surface area contributed by atoms with E-state index in [0.717, 1.165) is 24.9 Å². The second-order valence-electron chi connectivity index (χ2n) is 5.69. The van der Waals surface area contributed by atoms with E-state index in [9.17, 15) is 4.39 Å². The molecule has 1 aromatic carbocycles. The van der Waals surface area contributed by atoms with Crippen molar-refractivity contribution in [1.29, 1.82) is 0 Å². The summed E-state index contributed by atoms with van der Waals surface area (Å²) in [7, 11) is 2.02. The third kappa shape index (κ3) is 3.53. The van der Waals surface area contributed by atoms with Crippen LogP contribution in [0.15, 0.2) is 24.3 Å². The van der Waals surface area contributed by atoms with Gasteiger partial charge in [-0.05, 0) is 26.0 Å². The Morgan fingerprint density at radius 3 is 2.56 bits per heavy atom. The summed E-state index contributed by atoms with van der Waals surface area (Å²) >= 11 is 0. The fraction of sp³-hybridized carbons (Fsp3) is 0.600. The Morgan fingerprint density at radius 1 is 1.22 bits per heavy atom. The third-order valence-electron chi connectivity index (χ3n) is 3.83. The lowest BCUT2D eigenvalue weighted by Gasteiger charge is -2.36. The van der Waals surface area contributed by atoms with Crippen molar-refractivity contribution >= 4 is 0 Å². The average molecular weight is 250 g/mol. The van der Waals surface area contributed by atoms with E-state index in [1.54, 1.807) is 6.07 Å². The predicted molar refractivity (Wildman–Crippen MR) is 72.7 cm³/mol. The fourth-order valence-corrected chi connectivity index (χ4v) is 2.92. The summed E-state index contributed by atoms with van der Waals surface area (Å²) in [6.45, 7) is 1.48. The first kappa shape index (κ1) is 13.5. The summed E-state index contributed by atoms with van der Waals surface area (Å²) < 4.78 is 13.6. The van der Waals surface area contributed by atoms with Crippen molar-refractivity contribution in [1.82, 2.24) is 4.90 Å². The molecule has 0 aromatic heterocycles. The molecular weight excluding hydrogens is 227 g/mol. The molecule has 18 heavy (non-hydrogen) atoms. The predicted octanol–water partition coefficient (Wildman–Crippen LogP) is 2.92. The molecule has 0 bridgehead atoms.